The average molecular weight is 716 g/mol. The van der Waals surface area contributed by atoms with Gasteiger partial charge in [0.2, 0.25) is 0 Å². The van der Waals surface area contributed by atoms with E-state index in [0.29, 0.717) is 0 Å². The van der Waals surface area contributed by atoms with Crippen molar-refractivity contribution >= 4 is 109 Å². The summed E-state index contributed by atoms with van der Waals surface area (Å²) in [5.41, 5.74) is 8.90. The largest absolute Gasteiger partial charge is 0.310 e. The molecule has 0 fully saturated rings. The van der Waals surface area contributed by atoms with Crippen molar-refractivity contribution < 1.29 is 0 Å². The molecule has 0 bridgehead atoms. The van der Waals surface area contributed by atoms with Crippen LogP contribution >= 0.6 is 22.7 Å². The smallest absolute Gasteiger partial charge is 0.113 e. The summed E-state index contributed by atoms with van der Waals surface area (Å²) in [7, 11) is -2.01. The molecule has 0 aliphatic carbocycles. The average Bonchev–Trinajstić information content (AvgIpc) is 3.82. The van der Waals surface area contributed by atoms with Crippen LogP contribution in [0.3, 0.4) is 0 Å². The van der Waals surface area contributed by atoms with Crippen LogP contribution in [0.15, 0.2) is 164 Å². The second kappa shape index (κ2) is 11.2. The van der Waals surface area contributed by atoms with Gasteiger partial charge in [0.15, 0.2) is 0 Å². The van der Waals surface area contributed by atoms with Gasteiger partial charge in [-0.1, -0.05) is 116 Å². The number of hydrogen-bond donors (Lipinski definition) is 0. The summed E-state index contributed by atoms with van der Waals surface area (Å²) < 4.78 is 5.40. The molecule has 0 N–H and O–H groups in total. The van der Waals surface area contributed by atoms with Crippen LogP contribution in [0, 0.1) is 0 Å². The van der Waals surface area contributed by atoms with Gasteiger partial charge in [0.25, 0.3) is 0 Å². The first-order chi connectivity index (χ1) is 25.5. The van der Waals surface area contributed by atoms with E-state index in [1.807, 2.05) is 22.7 Å². The molecule has 0 radical (unpaired) electrons. The van der Waals surface area contributed by atoms with Gasteiger partial charge < -0.3 is 4.90 Å². The molecule has 8 aromatic carbocycles. The van der Waals surface area contributed by atoms with Gasteiger partial charge in [0, 0.05) is 57.4 Å². The molecule has 0 unspecified atom stereocenters. The number of hydrogen-bond acceptors (Lipinski definition) is 3. The molecule has 10 aromatic rings. The highest BCUT2D eigenvalue weighted by molar-refractivity contribution is 7.26. The first kappa shape index (κ1) is 30.1. The van der Waals surface area contributed by atoms with Crippen molar-refractivity contribution in [2.75, 3.05) is 4.90 Å². The zero-order valence-corrected chi connectivity index (χ0v) is 31.5. The van der Waals surface area contributed by atoms with Crippen molar-refractivity contribution in [2.45, 2.75) is 13.1 Å². The normalized spacial score (nSPS) is 13.3. The molecule has 0 saturated heterocycles. The Morgan fingerprint density at radius 1 is 0.423 bits per heavy atom. The van der Waals surface area contributed by atoms with Crippen molar-refractivity contribution in [3.8, 4) is 22.3 Å². The number of thiophene rings is 2. The second-order valence-electron chi connectivity index (χ2n) is 14.5. The lowest BCUT2D eigenvalue weighted by Gasteiger charge is -2.28. The monoisotopic (exact) mass is 715 g/mol. The van der Waals surface area contributed by atoms with Crippen LogP contribution in [0.4, 0.5) is 17.1 Å². The minimum absolute atomic E-state index is 1.16. The van der Waals surface area contributed by atoms with Gasteiger partial charge in [-0.2, -0.15) is 0 Å². The fraction of sp³-hybridized carbons (Fsp3) is 0.0417. The van der Waals surface area contributed by atoms with Gasteiger partial charge in [-0.25, -0.2) is 0 Å². The summed E-state index contributed by atoms with van der Waals surface area (Å²) in [6.45, 7) is 5.07. The maximum Gasteiger partial charge on any atom is 0.113 e. The van der Waals surface area contributed by atoms with Crippen molar-refractivity contribution in [3.05, 3.63) is 164 Å². The molecular formula is C48H33NS2Si. The van der Waals surface area contributed by atoms with E-state index in [1.165, 1.54) is 89.9 Å². The Morgan fingerprint density at radius 3 is 1.88 bits per heavy atom. The van der Waals surface area contributed by atoms with Gasteiger partial charge in [-0.3, -0.25) is 0 Å². The fourth-order valence-corrected chi connectivity index (χ4v) is 14.0. The first-order valence-corrected chi connectivity index (χ1v) is 22.6. The fourth-order valence-electron chi connectivity index (χ4n) is 8.74. The van der Waals surface area contributed by atoms with Crippen molar-refractivity contribution in [3.63, 3.8) is 0 Å². The lowest BCUT2D eigenvalue weighted by atomic mass is 9.97. The zero-order valence-electron chi connectivity index (χ0n) is 28.9. The van der Waals surface area contributed by atoms with E-state index in [-0.39, 0.29) is 0 Å². The van der Waals surface area contributed by atoms with Crippen LogP contribution in [0.25, 0.3) is 73.4 Å². The molecule has 0 saturated carbocycles. The molecule has 1 aliphatic rings. The van der Waals surface area contributed by atoms with Gasteiger partial charge in [0.05, 0.1) is 0 Å². The molecule has 4 heteroatoms. The minimum atomic E-state index is -2.01. The highest BCUT2D eigenvalue weighted by Crippen LogP contribution is 2.45. The van der Waals surface area contributed by atoms with Crippen LogP contribution in [0.2, 0.25) is 13.1 Å². The van der Waals surface area contributed by atoms with E-state index in [4.69, 9.17) is 0 Å². The summed E-state index contributed by atoms with van der Waals surface area (Å²) in [5, 5.41) is 11.1. The van der Waals surface area contributed by atoms with Gasteiger partial charge in [-0.05, 0) is 104 Å². The molecule has 52 heavy (non-hydrogen) atoms. The number of benzene rings is 8. The van der Waals surface area contributed by atoms with Crippen LogP contribution in [-0.2, 0) is 0 Å². The zero-order chi connectivity index (χ0) is 34.6. The number of anilines is 3. The van der Waals surface area contributed by atoms with E-state index in [9.17, 15) is 0 Å². The third-order valence-electron chi connectivity index (χ3n) is 11.3. The Hall–Kier alpha value is -5.52. The summed E-state index contributed by atoms with van der Waals surface area (Å²) in [5.74, 6) is 0. The summed E-state index contributed by atoms with van der Waals surface area (Å²) in [6, 6.07) is 61.4. The summed E-state index contributed by atoms with van der Waals surface area (Å²) >= 11 is 3.79. The number of fused-ring (bicyclic) bond motifs is 11. The molecule has 0 atom stereocenters. The van der Waals surface area contributed by atoms with Crippen LogP contribution < -0.4 is 15.3 Å². The third kappa shape index (κ3) is 4.38. The van der Waals surface area contributed by atoms with Crippen molar-refractivity contribution in [1.82, 2.24) is 0 Å². The van der Waals surface area contributed by atoms with Crippen LogP contribution in [0.5, 0.6) is 0 Å². The maximum atomic E-state index is 2.54. The topological polar surface area (TPSA) is 3.24 Å². The SMILES string of the molecule is C[Si]1(C)c2cc(N(c3ccc(-c4cccc5ccccc45)cc3)c3ccc4sc5ccccc5c4c3)ccc2-c2c1ccc1sc3ccccc3c21. The molecule has 1 nitrogen and oxygen atoms in total. The highest BCUT2D eigenvalue weighted by atomic mass is 32.1. The predicted molar refractivity (Wildman–Crippen MR) is 232 cm³/mol. The molecule has 0 spiro atoms. The third-order valence-corrected chi connectivity index (χ3v) is 17.1. The molecule has 0 amide bonds. The Balaban J connectivity index is 1.11. The Morgan fingerprint density at radius 2 is 1.04 bits per heavy atom. The van der Waals surface area contributed by atoms with Gasteiger partial charge in [0.1, 0.15) is 8.07 Å². The molecule has 246 valence electrons. The number of nitrogens with zero attached hydrogens (tertiary/aromatic N) is 1. The molecule has 3 heterocycles. The van der Waals surface area contributed by atoms with E-state index in [2.05, 4.69) is 182 Å². The second-order valence-corrected chi connectivity index (χ2v) is 21.0. The lowest BCUT2D eigenvalue weighted by molar-refractivity contribution is 1.29. The highest BCUT2D eigenvalue weighted by Gasteiger charge is 2.39. The molecule has 2 aromatic heterocycles. The standard InChI is InChI=1S/C48H33NS2Si/c1-52(2)45-27-26-44-47(38-14-6-8-17-42(38)51-44)48(45)39-24-22-34(29-46(39)52)49(33-23-25-43-40(28-33)37-13-5-7-16-41(37)50-43)32-20-18-31(19-21-32)36-15-9-11-30-10-3-4-12-35(30)36/h3-29H,1-2H3. The minimum Gasteiger partial charge on any atom is -0.310 e. The van der Waals surface area contributed by atoms with Crippen LogP contribution in [0.1, 0.15) is 0 Å². The maximum absolute atomic E-state index is 2.54. The van der Waals surface area contributed by atoms with E-state index >= 15 is 0 Å². The van der Waals surface area contributed by atoms with Crippen molar-refractivity contribution in [2.24, 2.45) is 0 Å². The lowest BCUT2D eigenvalue weighted by Crippen LogP contribution is -2.49. The Bertz CT molecular complexity index is 3050. The van der Waals surface area contributed by atoms with Gasteiger partial charge in [-0.15, -0.1) is 22.7 Å². The Labute approximate surface area is 311 Å². The van der Waals surface area contributed by atoms with Gasteiger partial charge >= 0.3 is 0 Å². The van der Waals surface area contributed by atoms with E-state index in [1.54, 1.807) is 5.19 Å². The van der Waals surface area contributed by atoms with Crippen molar-refractivity contribution in [1.29, 1.82) is 0 Å². The quantitative estimate of drug-likeness (QED) is 0.164. The Kier molecular flexibility index (Phi) is 6.51. The first-order valence-electron chi connectivity index (χ1n) is 17.9. The number of rotatable bonds is 4. The van der Waals surface area contributed by atoms with E-state index < -0.39 is 8.07 Å². The predicted octanol–water partition coefficient (Wildman–Crippen LogP) is 13.5. The van der Waals surface area contributed by atoms with Crippen LogP contribution in [-0.4, -0.2) is 8.07 Å². The molecule has 11 rings (SSSR count). The summed E-state index contributed by atoms with van der Waals surface area (Å²) in [6.07, 6.45) is 0. The summed E-state index contributed by atoms with van der Waals surface area (Å²) in [4.78, 5) is 2.47. The molecular weight excluding hydrogens is 683 g/mol. The van der Waals surface area contributed by atoms with E-state index in [0.717, 1.165) is 5.69 Å². The molecule has 1 aliphatic heterocycles.